The molecular formula is C132H82N10. The Balaban J connectivity index is 0.0000000933. The van der Waals surface area contributed by atoms with Gasteiger partial charge in [-0.2, -0.15) is 0 Å². The van der Waals surface area contributed by atoms with E-state index < -0.39 is 0 Å². The van der Waals surface area contributed by atoms with Crippen molar-refractivity contribution in [3.63, 3.8) is 0 Å². The zero-order chi connectivity index (χ0) is 93.4. The van der Waals surface area contributed by atoms with E-state index in [1.54, 1.807) is 12.4 Å². The SMILES string of the molecule is c1ccc(-c2cc(-c3ccccc3)nc(-n3cc4c5c(c6ccccc6cc53)-c3ccccc3-c3ccccc3-4)n2)cc1.c1ccc(-c2cccc(-n3cc4c5c(c6ccccc6cc53)-c3ccccc3-c3ccccc3-4)n2)cc1.c1ccc(-n2cc3c4c(c5ccccc5cc42)-c2ccccc2-c2ccccc2-3)nc1.c1cnc(-n2cc3c4c(c5ccccc5cc42)-c2ccccc2-c2ccccc2-3)nc1. The number of rotatable bonds is 7. The summed E-state index contributed by atoms with van der Waals surface area (Å²) in [4.78, 5) is 29.3. The molecule has 0 saturated carbocycles. The lowest BCUT2D eigenvalue weighted by molar-refractivity contribution is 0.963. The van der Waals surface area contributed by atoms with E-state index in [2.05, 4.69) is 477 Å². The van der Waals surface area contributed by atoms with Crippen LogP contribution in [0.15, 0.2) is 498 Å². The molecule has 0 aliphatic heterocycles. The molecular weight excluding hydrogens is 1730 g/mol. The van der Waals surface area contributed by atoms with Gasteiger partial charge in [0.1, 0.15) is 11.6 Å². The molecule has 8 heterocycles. The van der Waals surface area contributed by atoms with Gasteiger partial charge in [0.15, 0.2) is 0 Å². The normalized spacial score (nSPS) is 11.8. The van der Waals surface area contributed by atoms with Crippen LogP contribution in [0.5, 0.6) is 0 Å². The molecule has 0 unspecified atom stereocenters. The summed E-state index contributed by atoms with van der Waals surface area (Å²) in [6.45, 7) is 0. The fraction of sp³-hybridized carbons (Fsp3) is 0. The molecule has 0 amide bonds. The molecule has 660 valence electrons. The lowest BCUT2D eigenvalue weighted by atomic mass is 9.91. The summed E-state index contributed by atoms with van der Waals surface area (Å²) in [6, 6.07) is 162. The molecule has 0 atom stereocenters. The Morgan fingerprint density at radius 3 is 0.746 bits per heavy atom. The Hall–Kier alpha value is -19.2. The monoisotopic (exact) mass is 1810 g/mol. The van der Waals surface area contributed by atoms with Gasteiger partial charge in [0.05, 0.1) is 39.1 Å². The van der Waals surface area contributed by atoms with E-state index in [4.69, 9.17) is 15.0 Å². The summed E-state index contributed by atoms with van der Waals surface area (Å²) < 4.78 is 8.85. The molecule has 4 aliphatic rings. The second kappa shape index (κ2) is 33.4. The number of hydrogen-bond acceptors (Lipinski definition) is 6. The average molecular weight is 1810 g/mol. The number of nitrogens with zero attached hydrogens (tertiary/aromatic N) is 10. The van der Waals surface area contributed by atoms with Crippen LogP contribution in [0.3, 0.4) is 0 Å². The van der Waals surface area contributed by atoms with Gasteiger partial charge in [0, 0.05) is 126 Å². The van der Waals surface area contributed by atoms with E-state index in [1.165, 1.54) is 209 Å². The minimum Gasteiger partial charge on any atom is -0.301 e. The van der Waals surface area contributed by atoms with Gasteiger partial charge >= 0.3 is 0 Å². The van der Waals surface area contributed by atoms with Crippen molar-refractivity contribution in [2.45, 2.75) is 0 Å². The van der Waals surface area contributed by atoms with Crippen molar-refractivity contribution >= 4 is 86.7 Å². The highest BCUT2D eigenvalue weighted by molar-refractivity contribution is 6.27. The van der Waals surface area contributed by atoms with Crippen molar-refractivity contribution in [1.82, 2.24) is 48.2 Å². The first kappa shape index (κ1) is 81.2. The second-order valence-corrected chi connectivity index (χ2v) is 36.6. The van der Waals surface area contributed by atoms with Gasteiger partial charge in [-0.05, 0) is 193 Å². The van der Waals surface area contributed by atoms with Crippen LogP contribution >= 0.6 is 0 Å². The van der Waals surface area contributed by atoms with Crippen molar-refractivity contribution in [3.05, 3.63) is 498 Å². The third-order valence-electron chi connectivity index (χ3n) is 28.9. The molecule has 0 N–H and O–H groups in total. The van der Waals surface area contributed by atoms with Gasteiger partial charge < -0.3 is 9.13 Å². The number of fused-ring (bicyclic) bond motifs is 28. The second-order valence-electron chi connectivity index (χ2n) is 36.6. The van der Waals surface area contributed by atoms with Crippen LogP contribution in [0.25, 0.3) is 278 Å². The first-order chi connectivity index (χ1) is 70.5. The molecule has 4 aliphatic carbocycles. The quantitative estimate of drug-likeness (QED) is 0.158. The molecule has 10 nitrogen and oxygen atoms in total. The van der Waals surface area contributed by atoms with Crippen LogP contribution in [0.4, 0.5) is 0 Å². The van der Waals surface area contributed by atoms with Crippen LogP contribution in [0, 0.1) is 0 Å². The van der Waals surface area contributed by atoms with Gasteiger partial charge in [0.2, 0.25) is 11.9 Å². The molecule has 19 aromatic carbocycles. The molecule has 0 saturated heterocycles. The lowest BCUT2D eigenvalue weighted by Crippen LogP contribution is -2.03. The summed E-state index contributed by atoms with van der Waals surface area (Å²) in [5, 5.41) is 15.0. The summed E-state index contributed by atoms with van der Waals surface area (Å²) in [6.07, 6.45) is 14.5. The first-order valence-corrected chi connectivity index (χ1v) is 48.3. The zero-order valence-corrected chi connectivity index (χ0v) is 76.8. The molecule has 31 rings (SSSR count). The Bertz CT molecular complexity index is 9490. The molecule has 27 aromatic rings. The fourth-order valence-corrected chi connectivity index (χ4v) is 22.7. The van der Waals surface area contributed by atoms with Crippen LogP contribution in [-0.2, 0) is 0 Å². The van der Waals surface area contributed by atoms with Crippen molar-refractivity contribution < 1.29 is 0 Å². The summed E-state index contributed by atoms with van der Waals surface area (Å²) >= 11 is 0. The van der Waals surface area contributed by atoms with Gasteiger partial charge in [-0.1, -0.05) is 394 Å². The summed E-state index contributed by atoms with van der Waals surface area (Å²) in [5.74, 6) is 3.20. The van der Waals surface area contributed by atoms with Crippen LogP contribution in [0.1, 0.15) is 0 Å². The van der Waals surface area contributed by atoms with E-state index >= 15 is 0 Å². The molecule has 142 heavy (non-hydrogen) atoms. The molecule has 0 fully saturated rings. The van der Waals surface area contributed by atoms with Gasteiger partial charge in [-0.3, -0.25) is 9.13 Å². The van der Waals surface area contributed by atoms with E-state index in [9.17, 15) is 0 Å². The third kappa shape index (κ3) is 13.2. The maximum Gasteiger partial charge on any atom is 0.235 e. The van der Waals surface area contributed by atoms with Crippen LogP contribution < -0.4 is 0 Å². The molecule has 0 bridgehead atoms. The molecule has 8 aromatic heterocycles. The maximum absolute atomic E-state index is 5.20. The minimum atomic E-state index is 0.657. The van der Waals surface area contributed by atoms with Crippen molar-refractivity contribution in [3.8, 4) is 191 Å². The van der Waals surface area contributed by atoms with Crippen molar-refractivity contribution in [2.75, 3.05) is 0 Å². The summed E-state index contributed by atoms with van der Waals surface area (Å²) in [5.41, 5.74) is 40.8. The number of pyridine rings is 2. The molecule has 10 heteroatoms. The highest BCUT2D eigenvalue weighted by Crippen LogP contribution is 2.57. The van der Waals surface area contributed by atoms with Crippen LogP contribution in [-0.4, -0.2) is 48.2 Å². The Morgan fingerprint density at radius 2 is 0.408 bits per heavy atom. The largest absolute Gasteiger partial charge is 0.301 e. The lowest BCUT2D eigenvalue weighted by Gasteiger charge is -2.15. The maximum atomic E-state index is 5.20. The van der Waals surface area contributed by atoms with Gasteiger partial charge in [-0.15, -0.1) is 0 Å². The van der Waals surface area contributed by atoms with Crippen molar-refractivity contribution in [1.29, 1.82) is 0 Å². The van der Waals surface area contributed by atoms with Crippen LogP contribution in [0.2, 0.25) is 0 Å². The number of aromatic nitrogens is 10. The standard InChI is InChI=1S/C40H25N3.C35H22N2.C29H18N2.C28H17N3/c1-3-13-26(14-4-1)35-24-36(27-15-5-2-6-16-27)42-40(41-35)43-25-34-32-21-10-9-19-30(32)31-20-11-12-22-33(31)38-29-18-8-7-17-28(29)23-37(43)39(34)38;1-2-11-23(12-3-1)31-19-10-20-33(36-31)37-22-30-28-17-7-6-15-26(28)27-16-8-9-18-29(27)34-25-14-5-4-13-24(25)21-32(37)35(30)34;1-2-10-20-19(9-1)17-26-29-25(18-31(26)27-15-7-8-16-30-27)23-13-4-3-11-21(23)22-12-5-6-14-24(22)28(20)29;1-2-9-19-18(8-1)16-25-27-24(17-31(25)28-29-14-7-15-30-28)22-12-4-3-10-20(22)21-11-5-6-13-23(21)26(19)27/h1-25H;1-22H;1-18H;1-17H. The van der Waals surface area contributed by atoms with E-state index in [0.29, 0.717) is 11.9 Å². The fourth-order valence-electron chi connectivity index (χ4n) is 22.7. The van der Waals surface area contributed by atoms with E-state index in [1.807, 2.05) is 42.6 Å². The third-order valence-corrected chi connectivity index (χ3v) is 28.9. The number of benzene rings is 19. The highest BCUT2D eigenvalue weighted by atomic mass is 15.2. The first-order valence-electron chi connectivity index (χ1n) is 48.3. The summed E-state index contributed by atoms with van der Waals surface area (Å²) in [7, 11) is 0. The smallest absolute Gasteiger partial charge is 0.235 e. The zero-order valence-electron chi connectivity index (χ0n) is 76.8. The van der Waals surface area contributed by atoms with Gasteiger partial charge in [0.25, 0.3) is 0 Å². The topological polar surface area (TPSA) is 97.1 Å². The molecule has 0 spiro atoms. The Morgan fingerprint density at radius 1 is 0.155 bits per heavy atom. The predicted octanol–water partition coefficient (Wildman–Crippen LogP) is 33.8. The van der Waals surface area contributed by atoms with E-state index in [0.717, 1.165) is 56.4 Å². The van der Waals surface area contributed by atoms with E-state index in [-0.39, 0.29) is 0 Å². The number of hydrogen-bond donors (Lipinski definition) is 0. The average Bonchev–Trinajstić information content (AvgIpc) is 1.57. The Kier molecular flexibility index (Phi) is 19.1. The van der Waals surface area contributed by atoms with Gasteiger partial charge in [-0.25, -0.2) is 29.9 Å². The predicted molar refractivity (Wildman–Crippen MR) is 586 cm³/mol. The molecule has 0 radical (unpaired) electrons. The highest BCUT2D eigenvalue weighted by Gasteiger charge is 2.33. The van der Waals surface area contributed by atoms with Crippen molar-refractivity contribution in [2.24, 2.45) is 0 Å². The minimum absolute atomic E-state index is 0.657. The Labute approximate surface area is 818 Å².